The van der Waals surface area contributed by atoms with Crippen LogP contribution in [-0.4, -0.2) is 6.54 Å². The third-order valence-corrected chi connectivity index (χ3v) is 6.75. The van der Waals surface area contributed by atoms with Gasteiger partial charge < -0.3 is 14.6 Å². The molecule has 5 rings (SSSR count). The van der Waals surface area contributed by atoms with Crippen LogP contribution in [0.2, 0.25) is 0 Å². The average Bonchev–Trinajstić information content (AvgIpc) is 2.88. The van der Waals surface area contributed by atoms with E-state index in [1.807, 2.05) is 72.8 Å². The molecule has 3 nitrogen and oxygen atoms in total. The summed E-state index contributed by atoms with van der Waals surface area (Å²) >= 11 is 1.45. The molecule has 1 aliphatic heterocycles. The Morgan fingerprint density at radius 1 is 0.906 bits per heavy atom. The Kier molecular flexibility index (Phi) is 5.40. The first-order valence-electron chi connectivity index (χ1n) is 10.7. The van der Waals surface area contributed by atoms with Gasteiger partial charge in [0, 0.05) is 12.1 Å². The van der Waals surface area contributed by atoms with Crippen molar-refractivity contribution < 1.29 is 19.0 Å². The molecule has 0 fully saturated rings. The van der Waals surface area contributed by atoms with Gasteiger partial charge in [-0.05, 0) is 28.8 Å². The van der Waals surface area contributed by atoms with Crippen LogP contribution in [0, 0.1) is 5.82 Å². The number of benzene rings is 4. The number of hydrogen-bond acceptors (Lipinski definition) is 4. The smallest absolute Gasteiger partial charge is 0.293 e. The van der Waals surface area contributed by atoms with Crippen LogP contribution in [0.25, 0.3) is 0 Å². The average molecular weight is 447 g/mol. The van der Waals surface area contributed by atoms with Gasteiger partial charge in [0.25, 0.3) is 1.43 Å². The minimum Gasteiger partial charge on any atom is -0.508 e. The quantitative estimate of drug-likeness (QED) is 0.344. The lowest BCUT2D eigenvalue weighted by Crippen LogP contribution is -2.20. The molecule has 1 N–H and O–H groups in total. The van der Waals surface area contributed by atoms with E-state index in [-0.39, 0.29) is 17.2 Å². The summed E-state index contributed by atoms with van der Waals surface area (Å²) in [6, 6.07) is 30.1. The van der Waals surface area contributed by atoms with Crippen molar-refractivity contribution in [3.8, 4) is 17.2 Å². The monoisotopic (exact) mass is 446 g/mol. The molecule has 4 aromatic carbocycles. The van der Waals surface area contributed by atoms with Crippen LogP contribution in [0.5, 0.6) is 17.2 Å². The Morgan fingerprint density at radius 2 is 1.62 bits per heavy atom. The zero-order valence-electron chi connectivity index (χ0n) is 18.1. The highest BCUT2D eigenvalue weighted by Crippen LogP contribution is 2.54. The highest BCUT2D eigenvalue weighted by molar-refractivity contribution is 7.99. The summed E-state index contributed by atoms with van der Waals surface area (Å²) in [5.41, 5.74) is 2.96. The Morgan fingerprint density at radius 3 is 2.34 bits per heavy atom. The SMILES string of the molecule is [3H]Oc1ccc([C@H]2Oc3cc(OCc4ccccc4)cc(F)c3S[C@H]2c2ccccc2)cc1. The van der Waals surface area contributed by atoms with Gasteiger partial charge in [0.15, 0.2) is 0 Å². The molecule has 5 heteroatoms. The molecule has 0 aromatic heterocycles. The summed E-state index contributed by atoms with van der Waals surface area (Å²) < 4.78 is 34.5. The number of thioether (sulfide) groups is 1. The Bertz CT molecular complexity index is 1220. The normalized spacial score (nSPS) is 17.6. The van der Waals surface area contributed by atoms with Gasteiger partial charge in [0.05, 0.1) is 10.1 Å². The molecule has 4 aromatic rings. The van der Waals surface area contributed by atoms with E-state index in [0.29, 0.717) is 28.8 Å². The fraction of sp³-hybridized carbons (Fsp3) is 0.111. The Hall–Kier alpha value is -3.44. The summed E-state index contributed by atoms with van der Waals surface area (Å²) in [4.78, 5) is 0.471. The van der Waals surface area contributed by atoms with Crippen molar-refractivity contribution in [2.24, 2.45) is 0 Å². The summed E-state index contributed by atoms with van der Waals surface area (Å²) in [5.74, 6) is 0.964. The molecule has 0 saturated heterocycles. The van der Waals surface area contributed by atoms with E-state index < -0.39 is 0 Å². The van der Waals surface area contributed by atoms with E-state index in [2.05, 4.69) is 5.11 Å². The van der Waals surface area contributed by atoms with Crippen LogP contribution < -0.4 is 9.47 Å². The molecule has 1 aliphatic rings. The minimum atomic E-state index is -0.363. The first-order valence-corrected chi connectivity index (χ1v) is 11.2. The number of phenols is 1. The maximum atomic E-state index is 15.2. The zero-order chi connectivity index (χ0) is 22.6. The number of ether oxygens (including phenoxy) is 2. The van der Waals surface area contributed by atoms with E-state index >= 15 is 4.39 Å². The highest BCUT2D eigenvalue weighted by Gasteiger charge is 2.35. The van der Waals surface area contributed by atoms with Gasteiger partial charge in [-0.25, -0.2) is 4.39 Å². The molecule has 2 atom stereocenters. The van der Waals surface area contributed by atoms with Crippen molar-refractivity contribution in [3.63, 3.8) is 0 Å². The Labute approximate surface area is 191 Å². The molecule has 0 amide bonds. The number of halogens is 1. The third-order valence-electron chi connectivity index (χ3n) is 5.34. The van der Waals surface area contributed by atoms with Gasteiger partial charge in [0.2, 0.25) is 0 Å². The van der Waals surface area contributed by atoms with Crippen molar-refractivity contribution >= 4 is 11.8 Å². The van der Waals surface area contributed by atoms with E-state index in [4.69, 9.17) is 10.9 Å². The van der Waals surface area contributed by atoms with Crippen molar-refractivity contribution in [1.29, 1.82) is 1.43 Å². The number of fused-ring (bicyclic) bond motifs is 1. The Balaban J connectivity index is 1.48. The molecule has 0 unspecified atom stereocenters. The molecule has 1 heterocycles. The molecular formula is C27H21FO3S. The zero-order valence-corrected chi connectivity index (χ0v) is 17.9. The lowest BCUT2D eigenvalue weighted by atomic mass is 10.00. The maximum Gasteiger partial charge on any atom is 0.293 e. The van der Waals surface area contributed by atoms with Gasteiger partial charge in [0.1, 0.15) is 35.8 Å². The second-order valence-corrected chi connectivity index (χ2v) is 8.72. The van der Waals surface area contributed by atoms with Crippen LogP contribution >= 0.6 is 11.8 Å². The number of aromatic hydroxyl groups is 1. The van der Waals surface area contributed by atoms with Crippen LogP contribution in [-0.2, 0) is 6.61 Å². The summed E-state index contributed by atoms with van der Waals surface area (Å²) in [6.45, 7) is 0.344. The fourth-order valence-electron chi connectivity index (χ4n) is 3.74. The van der Waals surface area contributed by atoms with E-state index in [9.17, 15) is 0 Å². The summed E-state index contributed by atoms with van der Waals surface area (Å²) in [6.07, 6.45) is -0.353. The van der Waals surface area contributed by atoms with Gasteiger partial charge >= 0.3 is 0 Å². The lowest BCUT2D eigenvalue weighted by molar-refractivity contribution is 0.187. The predicted molar refractivity (Wildman–Crippen MR) is 124 cm³/mol. The molecule has 0 aliphatic carbocycles. The van der Waals surface area contributed by atoms with E-state index in [1.54, 1.807) is 18.2 Å². The van der Waals surface area contributed by atoms with Gasteiger partial charge in [-0.3, -0.25) is 0 Å². The summed E-state index contributed by atoms with van der Waals surface area (Å²) in [7, 11) is 0. The topological polar surface area (TPSA) is 38.7 Å². The van der Waals surface area contributed by atoms with Gasteiger partial charge in [-0.2, -0.15) is 0 Å². The molecule has 0 saturated carbocycles. The number of phenolic OH excluding ortho intramolecular Hbond substituents is 1. The van der Waals surface area contributed by atoms with Crippen LogP contribution in [0.1, 0.15) is 28.0 Å². The summed E-state index contributed by atoms with van der Waals surface area (Å²) in [5, 5.41) is 4.41. The lowest BCUT2D eigenvalue weighted by Gasteiger charge is -2.34. The van der Waals surface area contributed by atoms with Gasteiger partial charge in [-0.15, -0.1) is 11.8 Å². The minimum absolute atomic E-state index is 0.146. The molecule has 0 radical (unpaired) electrons. The number of hydrogen-bond donors (Lipinski definition) is 1. The standard InChI is InChI=1S/C27H21FO3S/c28-23-15-22(30-17-18-7-3-1-4-8-18)16-24-27(23)32-26(20-9-5-2-6-10-20)25(31-24)19-11-13-21(29)14-12-19/h1-16,25-26,29H,17H2/t25-,26+/m1/s1/i/hT. The largest absolute Gasteiger partial charge is 0.508 e. The van der Waals surface area contributed by atoms with Crippen molar-refractivity contribution in [2.45, 2.75) is 22.9 Å². The van der Waals surface area contributed by atoms with Crippen molar-refractivity contribution in [2.75, 3.05) is 0 Å². The van der Waals surface area contributed by atoms with Crippen molar-refractivity contribution in [1.82, 2.24) is 0 Å². The predicted octanol–water partition coefficient (Wildman–Crippen LogP) is 7.08. The van der Waals surface area contributed by atoms with E-state index in [1.165, 1.54) is 17.8 Å². The van der Waals surface area contributed by atoms with Gasteiger partial charge in [-0.1, -0.05) is 72.8 Å². The van der Waals surface area contributed by atoms with Crippen molar-refractivity contribution in [3.05, 3.63) is 120 Å². The third kappa shape index (κ3) is 4.30. The van der Waals surface area contributed by atoms with Crippen LogP contribution in [0.15, 0.2) is 102 Å². The molecule has 0 spiro atoms. The highest BCUT2D eigenvalue weighted by atomic mass is 32.2. The molecule has 160 valence electrons. The number of rotatable bonds is 6. The second-order valence-electron chi connectivity index (χ2n) is 7.56. The fourth-order valence-corrected chi connectivity index (χ4v) is 5.02. The second kappa shape index (κ2) is 8.97. The first-order chi connectivity index (χ1) is 16.2. The molecular weight excluding hydrogens is 423 g/mol. The van der Waals surface area contributed by atoms with Crippen LogP contribution in [0.3, 0.4) is 0 Å². The molecule has 0 bridgehead atoms. The molecule has 32 heavy (non-hydrogen) atoms. The first kappa shape index (κ1) is 19.3. The van der Waals surface area contributed by atoms with E-state index in [0.717, 1.165) is 16.7 Å². The van der Waals surface area contributed by atoms with Crippen LogP contribution in [0.4, 0.5) is 4.39 Å². The maximum absolute atomic E-state index is 15.2.